The van der Waals surface area contributed by atoms with Crippen molar-refractivity contribution in [1.82, 2.24) is 4.90 Å². The minimum absolute atomic E-state index is 0.616. The molecule has 0 aromatic heterocycles. The van der Waals surface area contributed by atoms with Crippen LogP contribution < -0.4 is 9.64 Å². The van der Waals surface area contributed by atoms with Crippen molar-refractivity contribution in [2.45, 2.75) is 25.7 Å². The molecular weight excluding hydrogens is 248 g/mol. The third-order valence-corrected chi connectivity index (χ3v) is 5.30. The van der Waals surface area contributed by atoms with Gasteiger partial charge in [0.2, 0.25) is 0 Å². The number of nitrogens with zero attached hydrogens (tertiary/aromatic N) is 2. The van der Waals surface area contributed by atoms with E-state index in [1.807, 2.05) is 6.07 Å². The third-order valence-electron chi connectivity index (χ3n) is 5.30. The fraction of sp³-hybridized carbons (Fsp3) is 0.647. The fourth-order valence-corrected chi connectivity index (χ4v) is 3.71. The number of rotatable bonds is 2. The molecule has 0 aliphatic carbocycles. The van der Waals surface area contributed by atoms with Crippen LogP contribution in [-0.2, 0) is 0 Å². The van der Waals surface area contributed by atoms with E-state index in [0.29, 0.717) is 5.41 Å². The van der Waals surface area contributed by atoms with Gasteiger partial charge in [0.05, 0.1) is 12.8 Å². The summed E-state index contributed by atoms with van der Waals surface area (Å²) in [6, 6.07) is 8.41. The number of hydrogen-bond donors (Lipinski definition) is 0. The maximum atomic E-state index is 5.50. The maximum Gasteiger partial charge on any atom is 0.142 e. The summed E-state index contributed by atoms with van der Waals surface area (Å²) >= 11 is 0. The number of anilines is 1. The highest BCUT2D eigenvalue weighted by atomic mass is 16.5. The summed E-state index contributed by atoms with van der Waals surface area (Å²) in [6.45, 7) is 4.89. The normalized spacial score (nSPS) is 23.0. The number of hydrogen-bond acceptors (Lipinski definition) is 3. The van der Waals surface area contributed by atoms with Crippen molar-refractivity contribution in [2.75, 3.05) is 45.2 Å². The van der Waals surface area contributed by atoms with Gasteiger partial charge in [0, 0.05) is 13.1 Å². The molecule has 2 aliphatic heterocycles. The molecule has 2 heterocycles. The number of ether oxygens (including phenoxy) is 1. The molecule has 20 heavy (non-hydrogen) atoms. The second-order valence-corrected chi connectivity index (χ2v) is 6.46. The Morgan fingerprint density at radius 2 is 1.55 bits per heavy atom. The topological polar surface area (TPSA) is 15.7 Å². The number of likely N-dealkylation sites (tertiary alicyclic amines) is 1. The molecular formula is C17H26N2O. The van der Waals surface area contributed by atoms with Gasteiger partial charge >= 0.3 is 0 Å². The van der Waals surface area contributed by atoms with Crippen molar-refractivity contribution < 1.29 is 4.74 Å². The molecule has 2 fully saturated rings. The first-order chi connectivity index (χ1) is 9.72. The molecule has 0 atom stereocenters. The highest BCUT2D eigenvalue weighted by Gasteiger charge is 2.37. The van der Waals surface area contributed by atoms with E-state index in [9.17, 15) is 0 Å². The highest BCUT2D eigenvalue weighted by Crippen LogP contribution is 2.42. The Morgan fingerprint density at radius 3 is 2.20 bits per heavy atom. The second kappa shape index (κ2) is 5.65. The monoisotopic (exact) mass is 274 g/mol. The van der Waals surface area contributed by atoms with Crippen molar-refractivity contribution in [1.29, 1.82) is 0 Å². The molecule has 0 unspecified atom stereocenters. The van der Waals surface area contributed by atoms with Gasteiger partial charge in [0.1, 0.15) is 5.75 Å². The Hall–Kier alpha value is -1.22. The van der Waals surface area contributed by atoms with Gasteiger partial charge in [-0.1, -0.05) is 12.1 Å². The van der Waals surface area contributed by atoms with E-state index in [1.165, 1.54) is 57.5 Å². The molecule has 2 saturated heterocycles. The van der Waals surface area contributed by atoms with E-state index in [1.54, 1.807) is 7.11 Å². The summed E-state index contributed by atoms with van der Waals surface area (Å²) in [5, 5.41) is 0. The van der Waals surface area contributed by atoms with Gasteiger partial charge in [-0.25, -0.2) is 0 Å². The van der Waals surface area contributed by atoms with Crippen LogP contribution in [0.25, 0.3) is 0 Å². The molecule has 1 aromatic rings. The van der Waals surface area contributed by atoms with Crippen molar-refractivity contribution >= 4 is 5.69 Å². The Labute approximate surface area is 122 Å². The van der Waals surface area contributed by atoms with E-state index < -0.39 is 0 Å². The molecule has 0 radical (unpaired) electrons. The van der Waals surface area contributed by atoms with Crippen LogP contribution in [0.2, 0.25) is 0 Å². The molecule has 2 aliphatic rings. The number of piperidine rings is 2. The predicted molar refractivity (Wildman–Crippen MR) is 83.6 cm³/mol. The molecule has 1 aromatic carbocycles. The molecule has 3 nitrogen and oxygen atoms in total. The average Bonchev–Trinajstić information content (AvgIpc) is 2.51. The van der Waals surface area contributed by atoms with Crippen molar-refractivity contribution in [2.24, 2.45) is 5.41 Å². The average molecular weight is 274 g/mol. The lowest BCUT2D eigenvalue weighted by Gasteiger charge is -2.47. The Morgan fingerprint density at radius 1 is 0.950 bits per heavy atom. The molecule has 0 amide bonds. The Bertz CT molecular complexity index is 442. The first-order valence-electron chi connectivity index (χ1n) is 7.79. The van der Waals surface area contributed by atoms with Gasteiger partial charge in [-0.3, -0.25) is 0 Å². The van der Waals surface area contributed by atoms with Crippen molar-refractivity contribution in [3.05, 3.63) is 24.3 Å². The molecule has 0 saturated carbocycles. The van der Waals surface area contributed by atoms with Crippen molar-refractivity contribution in [3.63, 3.8) is 0 Å². The number of methoxy groups -OCH3 is 1. The largest absolute Gasteiger partial charge is 0.495 e. The number of para-hydroxylation sites is 2. The van der Waals surface area contributed by atoms with E-state index in [4.69, 9.17) is 4.74 Å². The lowest BCUT2D eigenvalue weighted by atomic mass is 9.71. The zero-order valence-electron chi connectivity index (χ0n) is 12.8. The van der Waals surface area contributed by atoms with Crippen LogP contribution in [0.15, 0.2) is 24.3 Å². The molecule has 3 heteroatoms. The third kappa shape index (κ3) is 2.64. The van der Waals surface area contributed by atoms with Crippen LogP contribution >= 0.6 is 0 Å². The summed E-state index contributed by atoms with van der Waals surface area (Å²) < 4.78 is 5.50. The molecule has 0 N–H and O–H groups in total. The van der Waals surface area contributed by atoms with Crippen LogP contribution in [0.5, 0.6) is 5.75 Å². The molecule has 3 rings (SSSR count). The minimum atomic E-state index is 0.616. The SMILES string of the molecule is COc1ccccc1N1CCC2(CCN(C)CC2)CC1. The first-order valence-corrected chi connectivity index (χ1v) is 7.79. The summed E-state index contributed by atoms with van der Waals surface area (Å²) in [6.07, 6.45) is 5.42. The maximum absolute atomic E-state index is 5.50. The fourth-order valence-electron chi connectivity index (χ4n) is 3.71. The zero-order chi connectivity index (χ0) is 14.0. The standard InChI is InChI=1S/C17H26N2O/c1-18-11-7-17(8-12-18)9-13-19(14-10-17)15-5-3-4-6-16(15)20-2/h3-6H,7-14H2,1-2H3. The Balaban J connectivity index is 1.66. The quantitative estimate of drug-likeness (QED) is 0.824. The van der Waals surface area contributed by atoms with E-state index in [0.717, 1.165) is 5.75 Å². The van der Waals surface area contributed by atoms with Crippen LogP contribution in [-0.4, -0.2) is 45.2 Å². The number of benzene rings is 1. The summed E-state index contributed by atoms with van der Waals surface area (Å²) in [7, 11) is 4.01. The first kappa shape index (κ1) is 13.7. The van der Waals surface area contributed by atoms with Gasteiger partial charge in [-0.2, -0.15) is 0 Å². The molecule has 0 bridgehead atoms. The lowest BCUT2D eigenvalue weighted by molar-refractivity contribution is 0.0944. The van der Waals surface area contributed by atoms with Gasteiger partial charge < -0.3 is 14.5 Å². The van der Waals surface area contributed by atoms with E-state index >= 15 is 0 Å². The lowest BCUT2D eigenvalue weighted by Crippen LogP contribution is -2.46. The van der Waals surface area contributed by atoms with E-state index in [-0.39, 0.29) is 0 Å². The smallest absolute Gasteiger partial charge is 0.142 e. The van der Waals surface area contributed by atoms with Gasteiger partial charge in [0.25, 0.3) is 0 Å². The van der Waals surface area contributed by atoms with Gasteiger partial charge in [0.15, 0.2) is 0 Å². The van der Waals surface area contributed by atoms with Crippen LogP contribution in [0, 0.1) is 5.41 Å². The van der Waals surface area contributed by atoms with Crippen LogP contribution in [0.3, 0.4) is 0 Å². The molecule has 110 valence electrons. The second-order valence-electron chi connectivity index (χ2n) is 6.46. The van der Waals surface area contributed by atoms with Crippen molar-refractivity contribution in [3.8, 4) is 5.75 Å². The van der Waals surface area contributed by atoms with Gasteiger partial charge in [-0.15, -0.1) is 0 Å². The van der Waals surface area contributed by atoms with E-state index in [2.05, 4.69) is 35.0 Å². The predicted octanol–water partition coefficient (Wildman–Crippen LogP) is 3.01. The summed E-state index contributed by atoms with van der Waals surface area (Å²) in [5.41, 5.74) is 1.88. The zero-order valence-corrected chi connectivity index (χ0v) is 12.8. The minimum Gasteiger partial charge on any atom is -0.495 e. The summed E-state index contributed by atoms with van der Waals surface area (Å²) in [5.74, 6) is 1.01. The summed E-state index contributed by atoms with van der Waals surface area (Å²) in [4.78, 5) is 4.97. The molecule has 1 spiro atoms. The highest BCUT2D eigenvalue weighted by molar-refractivity contribution is 5.58. The van der Waals surface area contributed by atoms with Crippen LogP contribution in [0.4, 0.5) is 5.69 Å². The van der Waals surface area contributed by atoms with Crippen LogP contribution in [0.1, 0.15) is 25.7 Å². The van der Waals surface area contributed by atoms with Gasteiger partial charge in [-0.05, 0) is 63.4 Å². The Kier molecular flexibility index (Phi) is 3.88.